The summed E-state index contributed by atoms with van der Waals surface area (Å²) in [5, 5.41) is 1.93. The van der Waals surface area contributed by atoms with E-state index in [0.29, 0.717) is 18.8 Å². The number of hydrogen-bond donors (Lipinski definition) is 0. The Balaban J connectivity index is 2.01. The third-order valence-corrected chi connectivity index (χ3v) is 3.36. The van der Waals surface area contributed by atoms with Gasteiger partial charge in [-0.25, -0.2) is 9.97 Å². The molecule has 0 saturated carbocycles. The number of esters is 1. The molecule has 0 bridgehead atoms. The van der Waals surface area contributed by atoms with Crippen LogP contribution in [-0.4, -0.2) is 28.3 Å². The molecule has 0 atom stereocenters. The van der Waals surface area contributed by atoms with Crippen molar-refractivity contribution < 1.29 is 9.53 Å². The first-order valence-electron chi connectivity index (χ1n) is 5.79. The van der Waals surface area contributed by atoms with Gasteiger partial charge in [0.25, 0.3) is 0 Å². The highest BCUT2D eigenvalue weighted by Gasteiger charge is 2.06. The maximum absolute atomic E-state index is 11.2. The fourth-order valence-corrected chi connectivity index (χ4v) is 2.47. The van der Waals surface area contributed by atoms with Crippen LogP contribution in [0.15, 0.2) is 35.6 Å². The third-order valence-electron chi connectivity index (χ3n) is 2.36. The summed E-state index contributed by atoms with van der Waals surface area (Å²) in [4.78, 5) is 19.7. The second kappa shape index (κ2) is 6.35. The zero-order valence-electron chi connectivity index (χ0n) is 10.1. The van der Waals surface area contributed by atoms with Gasteiger partial charge in [0.05, 0.1) is 18.5 Å². The summed E-state index contributed by atoms with van der Waals surface area (Å²) in [7, 11) is 0. The Bertz CT molecular complexity index is 540. The summed E-state index contributed by atoms with van der Waals surface area (Å²) >= 11 is 1.55. The fourth-order valence-electron chi connectivity index (χ4n) is 1.56. The lowest BCUT2D eigenvalue weighted by atomic mass is 10.2. The van der Waals surface area contributed by atoms with Crippen molar-refractivity contribution in [2.75, 3.05) is 12.4 Å². The van der Waals surface area contributed by atoms with E-state index in [1.165, 1.54) is 0 Å². The van der Waals surface area contributed by atoms with Crippen LogP contribution in [0.25, 0.3) is 10.9 Å². The second-order valence-electron chi connectivity index (χ2n) is 3.60. The van der Waals surface area contributed by atoms with E-state index in [2.05, 4.69) is 9.97 Å². The molecule has 1 aromatic heterocycles. The number of benzene rings is 1. The lowest BCUT2D eigenvalue weighted by Gasteiger charge is -2.04. The van der Waals surface area contributed by atoms with Gasteiger partial charge in [-0.15, -0.1) is 11.8 Å². The van der Waals surface area contributed by atoms with Crippen LogP contribution >= 0.6 is 11.8 Å². The summed E-state index contributed by atoms with van der Waals surface area (Å²) < 4.78 is 4.88. The Labute approximate surface area is 110 Å². The van der Waals surface area contributed by atoms with Crippen molar-refractivity contribution in [3.05, 3.63) is 30.6 Å². The minimum absolute atomic E-state index is 0.164. The van der Waals surface area contributed by atoms with Crippen molar-refractivity contribution in [1.82, 2.24) is 9.97 Å². The topological polar surface area (TPSA) is 52.1 Å². The molecule has 2 rings (SSSR count). The Hall–Kier alpha value is -1.62. The molecule has 0 radical (unpaired) electrons. The minimum Gasteiger partial charge on any atom is -0.466 e. The van der Waals surface area contributed by atoms with Crippen LogP contribution in [-0.2, 0) is 9.53 Å². The van der Waals surface area contributed by atoms with Crippen LogP contribution in [0.4, 0.5) is 0 Å². The molecule has 0 unspecified atom stereocenters. The van der Waals surface area contributed by atoms with Crippen LogP contribution in [0, 0.1) is 0 Å². The van der Waals surface area contributed by atoms with Crippen LogP contribution in [0.3, 0.4) is 0 Å². The maximum Gasteiger partial charge on any atom is 0.306 e. The zero-order chi connectivity index (χ0) is 12.8. The number of nitrogens with zero attached hydrogens (tertiary/aromatic N) is 2. The smallest absolute Gasteiger partial charge is 0.306 e. The minimum atomic E-state index is -0.164. The molecule has 5 heteroatoms. The average molecular weight is 262 g/mol. The summed E-state index contributed by atoms with van der Waals surface area (Å²) in [6.07, 6.45) is 1.95. The monoisotopic (exact) mass is 262 g/mol. The van der Waals surface area contributed by atoms with Crippen LogP contribution in [0.1, 0.15) is 13.3 Å². The second-order valence-corrected chi connectivity index (χ2v) is 4.68. The highest BCUT2D eigenvalue weighted by atomic mass is 32.2. The van der Waals surface area contributed by atoms with Gasteiger partial charge in [0.1, 0.15) is 11.4 Å². The molecule has 18 heavy (non-hydrogen) atoms. The van der Waals surface area contributed by atoms with Crippen LogP contribution in [0.5, 0.6) is 0 Å². The van der Waals surface area contributed by atoms with E-state index in [1.54, 1.807) is 18.1 Å². The van der Waals surface area contributed by atoms with Gasteiger partial charge in [-0.1, -0.05) is 18.2 Å². The Morgan fingerprint density at radius 2 is 2.17 bits per heavy atom. The Kier molecular flexibility index (Phi) is 4.52. The third kappa shape index (κ3) is 3.20. The number of carbonyl (C=O) groups excluding carboxylic acids is 1. The first-order valence-corrected chi connectivity index (χ1v) is 6.78. The van der Waals surface area contributed by atoms with Gasteiger partial charge < -0.3 is 4.74 Å². The number of ether oxygens (including phenoxy) is 1. The normalized spacial score (nSPS) is 10.5. The highest BCUT2D eigenvalue weighted by molar-refractivity contribution is 7.99. The van der Waals surface area contributed by atoms with Crippen molar-refractivity contribution in [3.8, 4) is 0 Å². The van der Waals surface area contributed by atoms with Gasteiger partial charge in [0, 0.05) is 11.1 Å². The number of rotatable bonds is 5. The molecule has 0 saturated heterocycles. The molecule has 1 heterocycles. The van der Waals surface area contributed by atoms with Crippen LogP contribution in [0.2, 0.25) is 0 Å². The van der Waals surface area contributed by atoms with Gasteiger partial charge in [0.2, 0.25) is 0 Å². The number of fused-ring (bicyclic) bond motifs is 1. The average Bonchev–Trinajstić information content (AvgIpc) is 2.39. The van der Waals surface area contributed by atoms with Gasteiger partial charge in [-0.3, -0.25) is 4.79 Å². The van der Waals surface area contributed by atoms with E-state index < -0.39 is 0 Å². The maximum atomic E-state index is 11.2. The summed E-state index contributed by atoms with van der Waals surface area (Å²) in [6.45, 7) is 2.24. The fraction of sp³-hybridized carbons (Fsp3) is 0.308. The molecule has 0 spiro atoms. The van der Waals surface area contributed by atoms with Crippen molar-refractivity contribution in [1.29, 1.82) is 0 Å². The van der Waals surface area contributed by atoms with E-state index in [-0.39, 0.29) is 5.97 Å². The van der Waals surface area contributed by atoms with E-state index in [0.717, 1.165) is 15.9 Å². The first kappa shape index (κ1) is 12.8. The standard InChI is InChI=1S/C13H14N2O2S/c1-2-17-12(16)7-8-18-13-10-5-3-4-6-11(10)14-9-15-13/h3-6,9H,2,7-8H2,1H3. The van der Waals surface area contributed by atoms with E-state index in [9.17, 15) is 4.79 Å². The number of carbonyl (C=O) groups is 1. The summed E-state index contributed by atoms with van der Waals surface area (Å²) in [5.41, 5.74) is 0.922. The number of thioether (sulfide) groups is 1. The first-order chi connectivity index (χ1) is 8.81. The molecule has 0 amide bonds. The quantitative estimate of drug-likeness (QED) is 0.471. The molecule has 4 nitrogen and oxygen atoms in total. The lowest BCUT2D eigenvalue weighted by molar-refractivity contribution is -0.142. The van der Waals surface area contributed by atoms with Crippen molar-refractivity contribution in [3.63, 3.8) is 0 Å². The van der Waals surface area contributed by atoms with Crippen molar-refractivity contribution >= 4 is 28.6 Å². The summed E-state index contributed by atoms with van der Waals surface area (Å²) in [6, 6.07) is 7.85. The van der Waals surface area contributed by atoms with Crippen molar-refractivity contribution in [2.45, 2.75) is 18.4 Å². The SMILES string of the molecule is CCOC(=O)CCSc1ncnc2ccccc12. The Morgan fingerprint density at radius 1 is 1.33 bits per heavy atom. The molecule has 0 aliphatic heterocycles. The number of hydrogen-bond acceptors (Lipinski definition) is 5. The van der Waals surface area contributed by atoms with Crippen LogP contribution < -0.4 is 0 Å². The molecule has 94 valence electrons. The number of aromatic nitrogens is 2. The molecule has 1 aromatic carbocycles. The molecule has 0 N–H and O–H groups in total. The zero-order valence-corrected chi connectivity index (χ0v) is 10.9. The lowest BCUT2D eigenvalue weighted by Crippen LogP contribution is -2.04. The van der Waals surface area contributed by atoms with Gasteiger partial charge in [0.15, 0.2) is 0 Å². The number of para-hydroxylation sites is 1. The van der Waals surface area contributed by atoms with E-state index in [4.69, 9.17) is 4.74 Å². The molecule has 0 fully saturated rings. The molecular weight excluding hydrogens is 248 g/mol. The molecule has 2 aromatic rings. The van der Waals surface area contributed by atoms with E-state index >= 15 is 0 Å². The van der Waals surface area contributed by atoms with Crippen molar-refractivity contribution in [2.24, 2.45) is 0 Å². The van der Waals surface area contributed by atoms with E-state index in [1.807, 2.05) is 31.2 Å². The van der Waals surface area contributed by atoms with Gasteiger partial charge >= 0.3 is 5.97 Å². The Morgan fingerprint density at radius 3 is 3.00 bits per heavy atom. The molecular formula is C13H14N2O2S. The highest BCUT2D eigenvalue weighted by Crippen LogP contribution is 2.24. The predicted molar refractivity (Wildman–Crippen MR) is 71.5 cm³/mol. The largest absolute Gasteiger partial charge is 0.466 e. The van der Waals surface area contributed by atoms with Gasteiger partial charge in [-0.2, -0.15) is 0 Å². The van der Waals surface area contributed by atoms with Gasteiger partial charge in [-0.05, 0) is 13.0 Å². The molecule has 0 aliphatic rings. The molecule has 0 aliphatic carbocycles. The summed E-state index contributed by atoms with van der Waals surface area (Å²) in [5.74, 6) is 0.503. The predicted octanol–water partition coefficient (Wildman–Crippen LogP) is 2.68.